The van der Waals surface area contributed by atoms with E-state index in [1.165, 1.54) is 12.0 Å². The van der Waals surface area contributed by atoms with Crippen molar-refractivity contribution in [3.63, 3.8) is 0 Å². The Bertz CT molecular complexity index is 720. The Morgan fingerprint density at radius 1 is 1.30 bits per heavy atom. The molecule has 2 rings (SSSR count). The van der Waals surface area contributed by atoms with Crippen LogP contribution >= 0.6 is 7.60 Å². The van der Waals surface area contributed by atoms with Crippen LogP contribution in [0.4, 0.5) is 4.79 Å². The van der Waals surface area contributed by atoms with Crippen molar-refractivity contribution in [1.82, 2.24) is 4.90 Å². The first kappa shape index (κ1) is 21.4. The summed E-state index contributed by atoms with van der Waals surface area (Å²) in [5.41, 5.74) is -0.560. The molecule has 0 saturated carbocycles. The number of nitrogens with zero attached hydrogens (tertiary/aromatic N) is 1. The molecule has 27 heavy (non-hydrogen) atoms. The van der Waals surface area contributed by atoms with Gasteiger partial charge in [-0.15, -0.1) is 0 Å². The smallest absolute Gasteiger partial charge is 0.411 e. The molecule has 0 radical (unpaired) electrons. The molecule has 1 aliphatic rings. The summed E-state index contributed by atoms with van der Waals surface area (Å²) in [6.45, 7) is 3.47. The van der Waals surface area contributed by atoms with Crippen molar-refractivity contribution >= 4 is 19.7 Å². The molecule has 1 heterocycles. The molecule has 1 aliphatic heterocycles. The van der Waals surface area contributed by atoms with E-state index >= 15 is 0 Å². The predicted molar refractivity (Wildman–Crippen MR) is 97.9 cm³/mol. The summed E-state index contributed by atoms with van der Waals surface area (Å²) >= 11 is 0. The van der Waals surface area contributed by atoms with Crippen molar-refractivity contribution in [1.29, 1.82) is 0 Å². The maximum absolute atomic E-state index is 12.7. The van der Waals surface area contributed by atoms with E-state index in [-0.39, 0.29) is 19.3 Å². The molecular weight excluding hydrogens is 373 g/mol. The van der Waals surface area contributed by atoms with Gasteiger partial charge in [-0.3, -0.25) is 9.46 Å². The van der Waals surface area contributed by atoms with Crippen LogP contribution in [-0.4, -0.2) is 52.1 Å². The van der Waals surface area contributed by atoms with Crippen LogP contribution in [0.15, 0.2) is 30.3 Å². The summed E-state index contributed by atoms with van der Waals surface area (Å²) < 4.78 is 21.7. The zero-order chi connectivity index (χ0) is 20.2. The van der Waals surface area contributed by atoms with Gasteiger partial charge >= 0.3 is 19.7 Å². The van der Waals surface area contributed by atoms with Gasteiger partial charge in [0.15, 0.2) is 0 Å². The van der Waals surface area contributed by atoms with Crippen LogP contribution in [0.2, 0.25) is 0 Å². The van der Waals surface area contributed by atoms with Crippen molar-refractivity contribution in [3.8, 4) is 0 Å². The number of likely N-dealkylation sites (tertiary alicyclic amines) is 1. The molecule has 3 unspecified atom stereocenters. The van der Waals surface area contributed by atoms with Gasteiger partial charge in [0.1, 0.15) is 12.1 Å². The highest BCUT2D eigenvalue weighted by molar-refractivity contribution is 7.51. The minimum absolute atomic E-state index is 0.0632. The van der Waals surface area contributed by atoms with E-state index in [1.54, 1.807) is 13.8 Å². The molecule has 8 nitrogen and oxygen atoms in total. The van der Waals surface area contributed by atoms with E-state index in [0.29, 0.717) is 6.42 Å². The van der Waals surface area contributed by atoms with Crippen LogP contribution in [0.3, 0.4) is 0 Å². The highest BCUT2D eigenvalue weighted by Gasteiger charge is 2.54. The maximum atomic E-state index is 12.7. The van der Waals surface area contributed by atoms with Gasteiger partial charge in [-0.25, -0.2) is 9.59 Å². The highest BCUT2D eigenvalue weighted by Crippen LogP contribution is 2.46. The minimum atomic E-state index is -4.25. The molecule has 1 saturated heterocycles. The fraction of sp³-hybridized carbons (Fsp3) is 0.556. The zero-order valence-electron chi connectivity index (χ0n) is 15.7. The average Bonchev–Trinajstić information content (AvgIpc) is 2.62. The number of rotatable bonds is 5. The Kier molecular flexibility index (Phi) is 6.68. The van der Waals surface area contributed by atoms with Gasteiger partial charge in [0.2, 0.25) is 0 Å². The van der Waals surface area contributed by atoms with Gasteiger partial charge in [0.25, 0.3) is 0 Å². The first-order valence-electron chi connectivity index (χ1n) is 8.71. The van der Waals surface area contributed by atoms with Crippen molar-refractivity contribution in [2.45, 2.75) is 32.4 Å². The summed E-state index contributed by atoms with van der Waals surface area (Å²) in [5, 5.41) is 0. The third-order valence-electron chi connectivity index (χ3n) is 5.37. The second-order valence-corrected chi connectivity index (χ2v) is 8.71. The molecule has 3 atom stereocenters. The summed E-state index contributed by atoms with van der Waals surface area (Å²) in [7, 11) is -3.03. The molecule has 150 valence electrons. The number of piperidine rings is 1. The van der Waals surface area contributed by atoms with E-state index in [0.717, 1.165) is 5.56 Å². The van der Waals surface area contributed by atoms with Crippen LogP contribution in [-0.2, 0) is 25.4 Å². The third kappa shape index (κ3) is 4.89. The summed E-state index contributed by atoms with van der Waals surface area (Å²) in [6.07, 6.45) is -0.638. The lowest BCUT2D eigenvalue weighted by Crippen LogP contribution is -2.64. The fourth-order valence-corrected chi connectivity index (χ4v) is 4.73. The lowest BCUT2D eigenvalue weighted by Gasteiger charge is -2.49. The van der Waals surface area contributed by atoms with Crippen LogP contribution in [0.25, 0.3) is 0 Å². The Morgan fingerprint density at radius 3 is 2.48 bits per heavy atom. The monoisotopic (exact) mass is 399 g/mol. The van der Waals surface area contributed by atoms with Crippen molar-refractivity contribution < 1.29 is 33.4 Å². The van der Waals surface area contributed by atoms with E-state index in [9.17, 15) is 23.9 Å². The number of esters is 1. The molecule has 0 aromatic heterocycles. The van der Waals surface area contributed by atoms with Gasteiger partial charge in [-0.1, -0.05) is 37.3 Å². The fourth-order valence-electron chi connectivity index (χ4n) is 3.62. The molecule has 1 fully saturated rings. The third-order valence-corrected chi connectivity index (χ3v) is 6.32. The number of amides is 1. The van der Waals surface area contributed by atoms with E-state index in [4.69, 9.17) is 9.47 Å². The standard InChI is InChI=1S/C18H26NO7P/c1-13-15(12-27(22,23)24)9-10-19(18(13,2)16(20)25-3)17(21)26-11-14-7-5-4-6-8-14/h4-8,13,15H,9-12H2,1-3H3,(H2,22,23,24). The summed E-state index contributed by atoms with van der Waals surface area (Å²) in [6, 6.07) is 9.16. The molecule has 1 aromatic carbocycles. The number of carbonyl (C=O) groups excluding carboxylic acids is 2. The first-order valence-corrected chi connectivity index (χ1v) is 10.5. The summed E-state index contributed by atoms with van der Waals surface area (Å²) in [4.78, 5) is 45.2. The van der Waals surface area contributed by atoms with Gasteiger partial charge in [-0.2, -0.15) is 0 Å². The molecular formula is C18H26NO7P. The van der Waals surface area contributed by atoms with Gasteiger partial charge in [-0.05, 0) is 30.7 Å². The molecule has 2 N–H and O–H groups in total. The van der Waals surface area contributed by atoms with Crippen LogP contribution in [0, 0.1) is 11.8 Å². The zero-order valence-corrected chi connectivity index (χ0v) is 16.6. The highest BCUT2D eigenvalue weighted by atomic mass is 31.2. The summed E-state index contributed by atoms with van der Waals surface area (Å²) in [5.74, 6) is -1.58. The number of methoxy groups -OCH3 is 1. The molecule has 1 aromatic rings. The van der Waals surface area contributed by atoms with Crippen LogP contribution in [0.5, 0.6) is 0 Å². The second kappa shape index (κ2) is 8.42. The molecule has 0 aliphatic carbocycles. The van der Waals surface area contributed by atoms with Crippen molar-refractivity contribution in [3.05, 3.63) is 35.9 Å². The normalized spacial score (nSPS) is 25.7. The number of hydrogen-bond donors (Lipinski definition) is 2. The van der Waals surface area contributed by atoms with Crippen molar-refractivity contribution in [2.75, 3.05) is 19.8 Å². The van der Waals surface area contributed by atoms with E-state index in [1.807, 2.05) is 30.3 Å². The quantitative estimate of drug-likeness (QED) is 0.577. The Balaban J connectivity index is 2.20. The number of carbonyl (C=O) groups is 2. The van der Waals surface area contributed by atoms with Gasteiger partial charge < -0.3 is 19.3 Å². The van der Waals surface area contributed by atoms with Gasteiger partial charge in [0, 0.05) is 6.54 Å². The Hall–Kier alpha value is -1.89. The number of benzene rings is 1. The van der Waals surface area contributed by atoms with Crippen LogP contribution < -0.4 is 0 Å². The van der Waals surface area contributed by atoms with E-state index in [2.05, 4.69) is 0 Å². The Morgan fingerprint density at radius 2 is 1.93 bits per heavy atom. The topological polar surface area (TPSA) is 113 Å². The molecule has 0 bridgehead atoms. The van der Waals surface area contributed by atoms with E-state index < -0.39 is 37.0 Å². The lowest BCUT2D eigenvalue weighted by atomic mass is 9.73. The van der Waals surface area contributed by atoms with Crippen LogP contribution in [0.1, 0.15) is 25.8 Å². The molecule has 1 amide bonds. The van der Waals surface area contributed by atoms with Gasteiger partial charge in [0.05, 0.1) is 13.3 Å². The second-order valence-electron chi connectivity index (χ2n) is 7.02. The Labute approximate surface area is 158 Å². The molecule has 0 spiro atoms. The van der Waals surface area contributed by atoms with Crippen molar-refractivity contribution in [2.24, 2.45) is 11.8 Å². The SMILES string of the molecule is COC(=O)C1(C)C(C)C(CP(=O)(O)O)CCN1C(=O)OCc1ccccc1. The number of ether oxygens (including phenoxy) is 2. The first-order chi connectivity index (χ1) is 12.6. The largest absolute Gasteiger partial charge is 0.467 e. The minimum Gasteiger partial charge on any atom is -0.467 e. The number of hydrogen-bond acceptors (Lipinski definition) is 5. The lowest BCUT2D eigenvalue weighted by molar-refractivity contribution is -0.161. The predicted octanol–water partition coefficient (Wildman–Crippen LogP) is 2.39. The maximum Gasteiger partial charge on any atom is 0.411 e. The average molecular weight is 399 g/mol. The molecule has 9 heteroatoms.